The van der Waals surface area contributed by atoms with Gasteiger partial charge in [-0.15, -0.1) is 0 Å². The largest absolute Gasteiger partial charge is 0.373 e. The lowest BCUT2D eigenvalue weighted by molar-refractivity contribution is 0.0610. The van der Waals surface area contributed by atoms with Crippen molar-refractivity contribution in [2.45, 2.75) is 20.1 Å². The van der Waals surface area contributed by atoms with E-state index in [1.165, 1.54) is 0 Å². The van der Waals surface area contributed by atoms with Gasteiger partial charge >= 0.3 is 0 Å². The topological polar surface area (TPSA) is 25.2 Å². The first-order chi connectivity index (χ1) is 7.65. The Hall–Kier alpha value is -1.54. The normalized spacial score (nSPS) is 13.2. The van der Waals surface area contributed by atoms with Crippen LogP contribution in [0.2, 0.25) is 0 Å². The smallest absolute Gasteiger partial charge is 0.133 e. The van der Waals surface area contributed by atoms with Gasteiger partial charge in [-0.3, -0.25) is 0 Å². The third-order valence-corrected chi connectivity index (χ3v) is 2.87. The molecule has 0 amide bonds. The zero-order valence-electron chi connectivity index (χ0n) is 9.72. The van der Waals surface area contributed by atoms with Gasteiger partial charge in [0, 0.05) is 11.6 Å². The molecule has 0 unspecified atom stereocenters. The van der Waals surface area contributed by atoms with E-state index in [4.69, 9.17) is 0 Å². The van der Waals surface area contributed by atoms with Gasteiger partial charge in [0.15, 0.2) is 0 Å². The van der Waals surface area contributed by atoms with Crippen LogP contribution in [0, 0.1) is 5.92 Å². The molecule has 0 bridgehead atoms. The number of rotatable bonds is 3. The van der Waals surface area contributed by atoms with Crippen molar-refractivity contribution in [2.75, 3.05) is 0 Å². The summed E-state index contributed by atoms with van der Waals surface area (Å²) >= 11 is 0. The van der Waals surface area contributed by atoms with E-state index in [1.807, 2.05) is 48.9 Å². The Morgan fingerprint density at radius 2 is 2.00 bits per heavy atom. The predicted molar refractivity (Wildman–Crippen MR) is 68.1 cm³/mol. The van der Waals surface area contributed by atoms with Crippen LogP contribution >= 0.6 is 0 Å². The van der Waals surface area contributed by atoms with Gasteiger partial charge in [0.2, 0.25) is 0 Å². The van der Waals surface area contributed by atoms with Crippen LogP contribution in [-0.2, 0) is 0 Å². The Morgan fingerprint density at radius 1 is 1.31 bits per heavy atom. The molecule has 16 heavy (non-hydrogen) atoms. The second kappa shape index (κ2) is 4.14. The van der Waals surface area contributed by atoms with E-state index >= 15 is 0 Å². The maximum Gasteiger partial charge on any atom is 0.133 e. The fraction of sp³-hybridized carbons (Fsp3) is 0.286. The summed E-state index contributed by atoms with van der Waals surface area (Å²) in [4.78, 5) is 0. The molecule has 0 aliphatic carbocycles. The van der Waals surface area contributed by atoms with Gasteiger partial charge < -0.3 is 9.67 Å². The lowest BCUT2D eigenvalue weighted by atomic mass is 10.1. The monoisotopic (exact) mass is 215 g/mol. The fourth-order valence-corrected chi connectivity index (χ4v) is 1.93. The van der Waals surface area contributed by atoms with Crippen LogP contribution in [0.3, 0.4) is 0 Å². The SMILES string of the molecule is C=Cc1cn([C@H](O)C(C)C)c2ccccc12. The molecule has 0 saturated heterocycles. The number of aliphatic hydroxyl groups is 1. The van der Waals surface area contributed by atoms with Crippen LogP contribution in [0.4, 0.5) is 0 Å². The summed E-state index contributed by atoms with van der Waals surface area (Å²) in [7, 11) is 0. The van der Waals surface area contributed by atoms with Crippen LogP contribution in [0.5, 0.6) is 0 Å². The molecule has 2 aromatic rings. The number of hydrogen-bond donors (Lipinski definition) is 1. The predicted octanol–water partition coefficient (Wildman–Crippen LogP) is 3.43. The zero-order chi connectivity index (χ0) is 11.7. The molecule has 0 aliphatic heterocycles. The summed E-state index contributed by atoms with van der Waals surface area (Å²) in [5.41, 5.74) is 2.12. The molecular weight excluding hydrogens is 198 g/mol. The minimum Gasteiger partial charge on any atom is -0.373 e. The van der Waals surface area contributed by atoms with Crippen LogP contribution < -0.4 is 0 Å². The molecule has 84 valence electrons. The van der Waals surface area contributed by atoms with Crippen molar-refractivity contribution in [3.63, 3.8) is 0 Å². The Morgan fingerprint density at radius 3 is 2.62 bits per heavy atom. The third-order valence-electron chi connectivity index (χ3n) is 2.87. The molecule has 2 heteroatoms. The van der Waals surface area contributed by atoms with E-state index in [1.54, 1.807) is 0 Å². The Balaban J connectivity index is 2.66. The van der Waals surface area contributed by atoms with Gasteiger partial charge in [-0.05, 0) is 17.5 Å². The molecule has 1 heterocycles. The Labute approximate surface area is 95.8 Å². The third kappa shape index (κ3) is 1.65. The number of hydrogen-bond acceptors (Lipinski definition) is 1. The summed E-state index contributed by atoms with van der Waals surface area (Å²) in [5.74, 6) is 0.188. The number of nitrogens with zero attached hydrogens (tertiary/aromatic N) is 1. The Bertz CT molecular complexity index is 510. The van der Waals surface area contributed by atoms with Gasteiger partial charge in [0.25, 0.3) is 0 Å². The molecule has 0 spiro atoms. The highest BCUT2D eigenvalue weighted by Gasteiger charge is 2.15. The summed E-state index contributed by atoms with van der Waals surface area (Å²) in [6.45, 7) is 7.82. The van der Waals surface area contributed by atoms with Crippen molar-refractivity contribution >= 4 is 17.0 Å². The molecule has 2 rings (SSSR count). The molecule has 0 radical (unpaired) electrons. The van der Waals surface area contributed by atoms with Crippen LogP contribution in [-0.4, -0.2) is 9.67 Å². The second-order valence-corrected chi connectivity index (χ2v) is 4.37. The minimum atomic E-state index is -0.487. The first-order valence-electron chi connectivity index (χ1n) is 5.55. The first-order valence-corrected chi connectivity index (χ1v) is 5.55. The van der Waals surface area contributed by atoms with Crippen molar-refractivity contribution in [1.82, 2.24) is 4.57 Å². The molecule has 2 nitrogen and oxygen atoms in total. The van der Waals surface area contributed by atoms with Gasteiger partial charge in [-0.2, -0.15) is 0 Å². The Kier molecular flexibility index (Phi) is 2.84. The lowest BCUT2D eigenvalue weighted by Crippen LogP contribution is -2.13. The van der Waals surface area contributed by atoms with Gasteiger partial charge in [-0.1, -0.05) is 44.7 Å². The molecule has 1 N–H and O–H groups in total. The van der Waals surface area contributed by atoms with Crippen molar-refractivity contribution in [2.24, 2.45) is 5.92 Å². The number of fused-ring (bicyclic) bond motifs is 1. The van der Waals surface area contributed by atoms with E-state index in [-0.39, 0.29) is 5.92 Å². The van der Waals surface area contributed by atoms with Crippen molar-refractivity contribution < 1.29 is 5.11 Å². The molecule has 1 atom stereocenters. The molecule has 1 aromatic heterocycles. The number of para-hydroxylation sites is 1. The van der Waals surface area contributed by atoms with E-state index in [0.717, 1.165) is 16.5 Å². The molecule has 1 aromatic carbocycles. The summed E-state index contributed by atoms with van der Waals surface area (Å²) in [6.07, 6.45) is 3.30. The minimum absolute atomic E-state index is 0.188. The summed E-state index contributed by atoms with van der Waals surface area (Å²) in [6, 6.07) is 8.06. The fourth-order valence-electron chi connectivity index (χ4n) is 1.93. The molecule has 0 aliphatic rings. The second-order valence-electron chi connectivity index (χ2n) is 4.37. The highest BCUT2D eigenvalue weighted by atomic mass is 16.3. The maximum atomic E-state index is 10.1. The van der Waals surface area contributed by atoms with E-state index < -0.39 is 6.23 Å². The average Bonchev–Trinajstić information content (AvgIpc) is 2.66. The van der Waals surface area contributed by atoms with Crippen molar-refractivity contribution in [3.05, 3.63) is 42.6 Å². The number of aliphatic hydroxyl groups excluding tert-OH is 1. The number of aromatic nitrogens is 1. The highest BCUT2D eigenvalue weighted by Crippen LogP contribution is 2.27. The molecule has 0 saturated carbocycles. The van der Waals surface area contributed by atoms with Crippen LogP contribution in [0.15, 0.2) is 37.0 Å². The quantitative estimate of drug-likeness (QED) is 0.833. The standard InChI is InChI=1S/C14H17NO/c1-4-11-9-15(14(16)10(2)3)13-8-6-5-7-12(11)13/h4-10,14,16H,1H2,2-3H3/t14-/m1/s1. The van der Waals surface area contributed by atoms with Gasteiger partial charge in [-0.25, -0.2) is 0 Å². The summed E-state index contributed by atoms with van der Waals surface area (Å²) in [5, 5.41) is 11.3. The van der Waals surface area contributed by atoms with Gasteiger partial charge in [0.05, 0.1) is 5.52 Å². The van der Waals surface area contributed by atoms with E-state index in [0.29, 0.717) is 0 Å². The van der Waals surface area contributed by atoms with Crippen LogP contribution in [0.1, 0.15) is 25.6 Å². The summed E-state index contributed by atoms with van der Waals surface area (Å²) < 4.78 is 1.91. The lowest BCUT2D eigenvalue weighted by Gasteiger charge is -2.17. The van der Waals surface area contributed by atoms with Crippen LogP contribution in [0.25, 0.3) is 17.0 Å². The highest BCUT2D eigenvalue weighted by molar-refractivity contribution is 5.89. The first kappa shape index (κ1) is 11.0. The maximum absolute atomic E-state index is 10.1. The number of benzene rings is 1. The molecule has 0 fully saturated rings. The van der Waals surface area contributed by atoms with Gasteiger partial charge in [0.1, 0.15) is 6.23 Å². The van der Waals surface area contributed by atoms with Crippen molar-refractivity contribution in [1.29, 1.82) is 0 Å². The van der Waals surface area contributed by atoms with Crippen molar-refractivity contribution in [3.8, 4) is 0 Å². The average molecular weight is 215 g/mol. The zero-order valence-corrected chi connectivity index (χ0v) is 9.72. The molecular formula is C14H17NO. The van der Waals surface area contributed by atoms with E-state index in [9.17, 15) is 5.11 Å². The van der Waals surface area contributed by atoms with E-state index in [2.05, 4.69) is 12.6 Å².